The number of fused-ring (bicyclic) bond motifs is 1. The van der Waals surface area contributed by atoms with Gasteiger partial charge in [0.1, 0.15) is 0 Å². The Morgan fingerprint density at radius 2 is 1.66 bits per heavy atom. The molecule has 35 heavy (non-hydrogen) atoms. The number of aryl methyl sites for hydroxylation is 1. The molecule has 0 radical (unpaired) electrons. The molecule has 0 aliphatic carbocycles. The number of piperidine rings is 1. The maximum absolute atomic E-state index is 12.7. The van der Waals surface area contributed by atoms with Crippen molar-refractivity contribution < 1.29 is 29.4 Å². The predicted molar refractivity (Wildman–Crippen MR) is 130 cm³/mol. The number of amides is 2. The van der Waals surface area contributed by atoms with Gasteiger partial charge in [-0.15, -0.1) is 0 Å². The molecule has 2 amide bonds. The number of carboxylic acids is 2. The molecule has 1 aliphatic heterocycles. The molecule has 11 nitrogen and oxygen atoms in total. The first-order chi connectivity index (χ1) is 16.8. The van der Waals surface area contributed by atoms with Crippen molar-refractivity contribution in [2.24, 2.45) is 0 Å². The summed E-state index contributed by atoms with van der Waals surface area (Å²) in [5.41, 5.74) is 1.51. The van der Waals surface area contributed by atoms with Crippen molar-refractivity contribution in [3.63, 3.8) is 0 Å². The summed E-state index contributed by atoms with van der Waals surface area (Å²) in [6.45, 7) is 8.23. The summed E-state index contributed by atoms with van der Waals surface area (Å²) < 4.78 is 1.92. The number of carbonyl (C=O) groups excluding carboxylic acids is 2. The molecular formula is C24H35N5O6. The van der Waals surface area contributed by atoms with Crippen molar-refractivity contribution >= 4 is 34.7 Å². The Labute approximate surface area is 204 Å². The minimum absolute atomic E-state index is 0.113. The number of hydrogen-bond donors (Lipinski definition) is 4. The van der Waals surface area contributed by atoms with Gasteiger partial charge in [-0.25, -0.2) is 9.59 Å². The number of aromatic nitrogens is 2. The van der Waals surface area contributed by atoms with Crippen molar-refractivity contribution in [3.05, 3.63) is 30.0 Å². The van der Waals surface area contributed by atoms with E-state index in [1.165, 1.54) is 0 Å². The fourth-order valence-electron chi connectivity index (χ4n) is 3.92. The number of carbonyl (C=O) groups is 4. The normalized spacial score (nSPS) is 14.1. The Bertz CT molecular complexity index is 1000. The van der Waals surface area contributed by atoms with Crippen LogP contribution in [0, 0.1) is 0 Å². The topological polar surface area (TPSA) is 154 Å². The van der Waals surface area contributed by atoms with E-state index >= 15 is 0 Å². The van der Waals surface area contributed by atoms with E-state index in [1.807, 2.05) is 35.9 Å². The number of nitrogens with one attached hydrogen (secondary N) is 2. The van der Waals surface area contributed by atoms with Crippen LogP contribution in [0.15, 0.2) is 24.3 Å². The summed E-state index contributed by atoms with van der Waals surface area (Å²) in [6.07, 6.45) is 4.40. The van der Waals surface area contributed by atoms with E-state index in [0.717, 1.165) is 62.8 Å². The zero-order chi connectivity index (χ0) is 25.8. The van der Waals surface area contributed by atoms with Crippen LogP contribution >= 0.6 is 0 Å². The van der Waals surface area contributed by atoms with Crippen LogP contribution in [0.4, 0.5) is 0 Å². The highest BCUT2D eigenvalue weighted by Gasteiger charge is 2.21. The van der Waals surface area contributed by atoms with E-state index < -0.39 is 11.9 Å². The molecule has 0 atom stereocenters. The molecule has 3 rings (SSSR count). The molecule has 2 aromatic rings. The lowest BCUT2D eigenvalue weighted by Crippen LogP contribution is -2.46. The number of benzene rings is 1. The largest absolute Gasteiger partial charge is 0.473 e. The molecule has 1 aliphatic rings. The molecular weight excluding hydrogens is 454 g/mol. The molecule has 2 heterocycles. The highest BCUT2D eigenvalue weighted by atomic mass is 16.4. The Morgan fingerprint density at radius 1 is 1.00 bits per heavy atom. The van der Waals surface area contributed by atoms with Crippen LogP contribution in [0.5, 0.6) is 0 Å². The molecule has 1 aromatic carbocycles. The lowest BCUT2D eigenvalue weighted by Gasteiger charge is -2.32. The first-order valence-electron chi connectivity index (χ1n) is 12.0. The Balaban J connectivity index is 0.000000641. The van der Waals surface area contributed by atoms with Crippen molar-refractivity contribution in [2.75, 3.05) is 26.2 Å². The van der Waals surface area contributed by atoms with E-state index in [9.17, 15) is 9.59 Å². The fourth-order valence-corrected chi connectivity index (χ4v) is 3.92. The van der Waals surface area contributed by atoms with Crippen LogP contribution in [0.2, 0.25) is 0 Å². The van der Waals surface area contributed by atoms with Crippen LogP contribution < -0.4 is 10.6 Å². The third kappa shape index (κ3) is 8.67. The summed E-state index contributed by atoms with van der Waals surface area (Å²) in [5, 5.41) is 26.4. The molecule has 1 aromatic heterocycles. The molecule has 0 spiro atoms. The second-order valence-corrected chi connectivity index (χ2v) is 8.39. The summed E-state index contributed by atoms with van der Waals surface area (Å²) in [6, 6.07) is 8.18. The molecule has 11 heteroatoms. The third-order valence-corrected chi connectivity index (χ3v) is 5.63. The Morgan fingerprint density at radius 3 is 2.26 bits per heavy atom. The summed E-state index contributed by atoms with van der Waals surface area (Å²) in [7, 11) is 0. The highest BCUT2D eigenvalue weighted by Crippen LogP contribution is 2.18. The number of nitrogens with zero attached hydrogens (tertiary/aromatic N) is 3. The van der Waals surface area contributed by atoms with Crippen molar-refractivity contribution in [3.8, 4) is 0 Å². The maximum Gasteiger partial charge on any atom is 0.414 e. The predicted octanol–water partition coefficient (Wildman–Crippen LogP) is 1.71. The smallest absolute Gasteiger partial charge is 0.414 e. The second-order valence-electron chi connectivity index (χ2n) is 8.39. The lowest BCUT2D eigenvalue weighted by atomic mass is 10.0. The van der Waals surface area contributed by atoms with Gasteiger partial charge in [-0.05, 0) is 31.7 Å². The molecule has 1 saturated heterocycles. The first kappa shape index (κ1) is 27.8. The average molecular weight is 490 g/mol. The molecule has 4 N–H and O–H groups in total. The Hall–Kier alpha value is -3.47. The number of aliphatic carboxylic acids is 2. The van der Waals surface area contributed by atoms with Gasteiger partial charge in [0.25, 0.3) is 5.91 Å². The van der Waals surface area contributed by atoms with Crippen molar-refractivity contribution in [2.45, 2.75) is 58.5 Å². The maximum atomic E-state index is 12.7. The van der Waals surface area contributed by atoms with E-state index in [0.29, 0.717) is 18.7 Å². The minimum atomic E-state index is -1.82. The third-order valence-electron chi connectivity index (χ3n) is 5.63. The van der Waals surface area contributed by atoms with Crippen LogP contribution in [-0.4, -0.2) is 80.9 Å². The standard InChI is InChI=1S/C22H33N5O2.C2H2O4/c1-3-7-20(28)24-17-10-14-26(15-11-17)16-12-23-22(29)21-18-8-5-6-9-19(18)27(25-21)13-4-2;3-1(4)2(5)6/h5-6,8-9,17H,3-4,7,10-16H2,1-2H3,(H,23,29)(H,24,28);(H,3,4)(H,5,6). The van der Waals surface area contributed by atoms with E-state index in [2.05, 4.69) is 27.6 Å². The van der Waals surface area contributed by atoms with Gasteiger partial charge in [0.05, 0.1) is 5.52 Å². The molecule has 192 valence electrons. The van der Waals surface area contributed by atoms with Gasteiger partial charge >= 0.3 is 11.9 Å². The van der Waals surface area contributed by atoms with Crippen molar-refractivity contribution in [1.29, 1.82) is 0 Å². The summed E-state index contributed by atoms with van der Waals surface area (Å²) in [4.78, 5) is 45.0. The molecule has 0 bridgehead atoms. The highest BCUT2D eigenvalue weighted by molar-refractivity contribution is 6.27. The van der Waals surface area contributed by atoms with Gasteiger partial charge in [0, 0.05) is 50.6 Å². The summed E-state index contributed by atoms with van der Waals surface area (Å²) >= 11 is 0. The van der Waals surface area contributed by atoms with Gasteiger partial charge in [-0.1, -0.05) is 32.0 Å². The van der Waals surface area contributed by atoms with Crippen molar-refractivity contribution in [1.82, 2.24) is 25.3 Å². The van der Waals surface area contributed by atoms with Crippen LogP contribution in [-0.2, 0) is 20.9 Å². The molecule has 0 unspecified atom stereocenters. The average Bonchev–Trinajstić information content (AvgIpc) is 3.20. The van der Waals surface area contributed by atoms with E-state index in [4.69, 9.17) is 19.8 Å². The number of para-hydroxylation sites is 1. The zero-order valence-electron chi connectivity index (χ0n) is 20.3. The second kappa shape index (κ2) is 14.1. The van der Waals surface area contributed by atoms with Gasteiger partial charge in [-0.3, -0.25) is 14.3 Å². The minimum Gasteiger partial charge on any atom is -0.473 e. The van der Waals surface area contributed by atoms with Crippen LogP contribution in [0.1, 0.15) is 56.4 Å². The number of hydrogen-bond acceptors (Lipinski definition) is 6. The fraction of sp³-hybridized carbons (Fsp3) is 0.542. The van der Waals surface area contributed by atoms with E-state index in [1.54, 1.807) is 0 Å². The summed E-state index contributed by atoms with van der Waals surface area (Å²) in [5.74, 6) is -3.60. The quantitative estimate of drug-likeness (QED) is 0.388. The van der Waals surface area contributed by atoms with Gasteiger partial charge in [-0.2, -0.15) is 5.10 Å². The number of carboxylic acid groups (broad SMARTS) is 2. The number of likely N-dealkylation sites (tertiary alicyclic amines) is 1. The molecule has 1 fully saturated rings. The number of rotatable bonds is 9. The zero-order valence-corrected chi connectivity index (χ0v) is 20.3. The monoisotopic (exact) mass is 489 g/mol. The van der Waals surface area contributed by atoms with Crippen LogP contribution in [0.3, 0.4) is 0 Å². The lowest BCUT2D eigenvalue weighted by molar-refractivity contribution is -0.159. The van der Waals surface area contributed by atoms with Gasteiger partial charge in [0.15, 0.2) is 5.69 Å². The van der Waals surface area contributed by atoms with Gasteiger partial charge < -0.3 is 25.7 Å². The first-order valence-corrected chi connectivity index (χ1v) is 12.0. The Kier molecular flexibility index (Phi) is 11.1. The van der Waals surface area contributed by atoms with E-state index in [-0.39, 0.29) is 17.9 Å². The van der Waals surface area contributed by atoms with Crippen LogP contribution in [0.25, 0.3) is 10.9 Å². The SMILES string of the molecule is CCCC(=O)NC1CCN(CCNC(=O)c2nn(CCC)c3ccccc23)CC1.O=C(O)C(=O)O. The molecule has 0 saturated carbocycles. The van der Waals surface area contributed by atoms with Gasteiger partial charge in [0.2, 0.25) is 5.91 Å².